The van der Waals surface area contributed by atoms with Gasteiger partial charge in [-0.2, -0.15) is 0 Å². The molecule has 2 atom stereocenters. The number of amides is 1. The zero-order chi connectivity index (χ0) is 11.1. The molecule has 0 aliphatic rings. The van der Waals surface area contributed by atoms with Gasteiger partial charge in [-0.15, -0.1) is 0 Å². The Bertz CT molecular complexity index is 172. The fraction of sp³-hybridized carbons (Fsp3) is 0.900. The lowest BCUT2D eigenvalue weighted by Crippen LogP contribution is -2.47. The van der Waals surface area contributed by atoms with Crippen molar-refractivity contribution >= 4 is 5.91 Å². The molecule has 0 saturated heterocycles. The van der Waals surface area contributed by atoms with E-state index in [1.54, 1.807) is 26.1 Å². The molecule has 0 aromatic carbocycles. The maximum atomic E-state index is 11.5. The predicted molar refractivity (Wildman–Crippen MR) is 57.2 cm³/mol. The van der Waals surface area contributed by atoms with Crippen molar-refractivity contribution in [2.45, 2.75) is 32.4 Å². The van der Waals surface area contributed by atoms with Crippen LogP contribution in [0.4, 0.5) is 0 Å². The Hall–Kier alpha value is -0.610. The van der Waals surface area contributed by atoms with E-state index in [-0.39, 0.29) is 18.0 Å². The SMILES string of the molecule is CCC(COC)NC(C)C(=O)N(C)C. The van der Waals surface area contributed by atoms with Gasteiger partial charge in [-0.25, -0.2) is 0 Å². The molecule has 14 heavy (non-hydrogen) atoms. The van der Waals surface area contributed by atoms with Crippen LogP contribution in [0, 0.1) is 0 Å². The number of nitrogens with zero attached hydrogens (tertiary/aromatic N) is 1. The molecule has 1 amide bonds. The van der Waals surface area contributed by atoms with Gasteiger partial charge in [0.25, 0.3) is 0 Å². The number of rotatable bonds is 6. The fourth-order valence-electron chi connectivity index (χ4n) is 1.30. The van der Waals surface area contributed by atoms with Crippen LogP contribution in [0.1, 0.15) is 20.3 Å². The van der Waals surface area contributed by atoms with Crippen LogP contribution in [0.5, 0.6) is 0 Å². The minimum atomic E-state index is -0.148. The van der Waals surface area contributed by atoms with E-state index in [1.807, 2.05) is 6.92 Å². The van der Waals surface area contributed by atoms with Crippen molar-refractivity contribution < 1.29 is 9.53 Å². The summed E-state index contributed by atoms with van der Waals surface area (Å²) in [5.74, 6) is 0.0968. The monoisotopic (exact) mass is 202 g/mol. The molecule has 84 valence electrons. The van der Waals surface area contributed by atoms with Crippen LogP contribution in [-0.4, -0.2) is 50.7 Å². The first-order valence-corrected chi connectivity index (χ1v) is 4.99. The summed E-state index contributed by atoms with van der Waals surface area (Å²) in [4.78, 5) is 13.1. The molecule has 0 heterocycles. The fourth-order valence-corrected chi connectivity index (χ4v) is 1.30. The molecule has 0 aliphatic heterocycles. The Balaban J connectivity index is 4.01. The smallest absolute Gasteiger partial charge is 0.238 e. The highest BCUT2D eigenvalue weighted by Gasteiger charge is 2.17. The number of methoxy groups -OCH3 is 1. The summed E-state index contributed by atoms with van der Waals surface area (Å²) in [7, 11) is 5.19. The van der Waals surface area contributed by atoms with Crippen LogP contribution in [-0.2, 0) is 9.53 Å². The minimum Gasteiger partial charge on any atom is -0.383 e. The van der Waals surface area contributed by atoms with Gasteiger partial charge in [0.05, 0.1) is 12.6 Å². The molecular weight excluding hydrogens is 180 g/mol. The number of hydrogen-bond donors (Lipinski definition) is 1. The van der Waals surface area contributed by atoms with Gasteiger partial charge in [0.15, 0.2) is 0 Å². The van der Waals surface area contributed by atoms with Gasteiger partial charge >= 0.3 is 0 Å². The molecule has 0 saturated carbocycles. The van der Waals surface area contributed by atoms with Crippen LogP contribution < -0.4 is 5.32 Å². The Labute approximate surface area is 86.6 Å². The Morgan fingerprint density at radius 3 is 2.43 bits per heavy atom. The predicted octanol–water partition coefficient (Wildman–Crippen LogP) is 0.478. The van der Waals surface area contributed by atoms with Crippen molar-refractivity contribution in [3.05, 3.63) is 0 Å². The third-order valence-electron chi connectivity index (χ3n) is 2.16. The van der Waals surface area contributed by atoms with Gasteiger partial charge in [0.2, 0.25) is 5.91 Å². The molecule has 4 nitrogen and oxygen atoms in total. The number of carbonyl (C=O) groups excluding carboxylic acids is 1. The molecule has 0 rings (SSSR count). The maximum absolute atomic E-state index is 11.5. The van der Waals surface area contributed by atoms with E-state index in [0.717, 1.165) is 6.42 Å². The van der Waals surface area contributed by atoms with Crippen molar-refractivity contribution in [2.75, 3.05) is 27.8 Å². The van der Waals surface area contributed by atoms with Crippen molar-refractivity contribution in [1.82, 2.24) is 10.2 Å². The van der Waals surface area contributed by atoms with Crippen molar-refractivity contribution in [2.24, 2.45) is 0 Å². The van der Waals surface area contributed by atoms with Crippen LogP contribution in [0.25, 0.3) is 0 Å². The zero-order valence-corrected chi connectivity index (χ0v) is 9.83. The lowest BCUT2D eigenvalue weighted by atomic mass is 10.2. The van der Waals surface area contributed by atoms with Crippen LogP contribution in [0.2, 0.25) is 0 Å². The van der Waals surface area contributed by atoms with Gasteiger partial charge < -0.3 is 15.0 Å². The molecule has 1 N–H and O–H groups in total. The first-order valence-electron chi connectivity index (χ1n) is 4.99. The van der Waals surface area contributed by atoms with Gasteiger partial charge in [-0.3, -0.25) is 4.79 Å². The zero-order valence-electron chi connectivity index (χ0n) is 9.83. The third kappa shape index (κ3) is 4.58. The summed E-state index contributed by atoms with van der Waals surface area (Å²) in [5.41, 5.74) is 0. The summed E-state index contributed by atoms with van der Waals surface area (Å²) in [6.07, 6.45) is 0.957. The minimum absolute atomic E-state index is 0.0968. The molecule has 0 bridgehead atoms. The summed E-state index contributed by atoms with van der Waals surface area (Å²) >= 11 is 0. The molecule has 4 heteroatoms. The van der Waals surface area contributed by atoms with Crippen LogP contribution in [0.15, 0.2) is 0 Å². The maximum Gasteiger partial charge on any atom is 0.238 e. The van der Waals surface area contributed by atoms with Gasteiger partial charge in [-0.1, -0.05) is 6.92 Å². The van der Waals surface area contributed by atoms with E-state index in [1.165, 1.54) is 0 Å². The molecular formula is C10H22N2O2. The second-order valence-electron chi connectivity index (χ2n) is 3.68. The van der Waals surface area contributed by atoms with E-state index < -0.39 is 0 Å². The first kappa shape index (κ1) is 13.4. The van der Waals surface area contributed by atoms with E-state index in [9.17, 15) is 4.79 Å². The van der Waals surface area contributed by atoms with Crippen LogP contribution >= 0.6 is 0 Å². The second-order valence-corrected chi connectivity index (χ2v) is 3.68. The van der Waals surface area contributed by atoms with Gasteiger partial charge in [-0.05, 0) is 13.3 Å². The number of hydrogen-bond acceptors (Lipinski definition) is 3. The highest BCUT2D eigenvalue weighted by atomic mass is 16.5. The lowest BCUT2D eigenvalue weighted by molar-refractivity contribution is -0.130. The standard InChI is InChI=1S/C10H22N2O2/c1-6-9(7-14-5)11-8(2)10(13)12(3)4/h8-9,11H,6-7H2,1-5H3. The number of likely N-dealkylation sites (N-methyl/N-ethyl adjacent to an activating group) is 1. The van der Waals surface area contributed by atoms with Crippen molar-refractivity contribution in [1.29, 1.82) is 0 Å². The van der Waals surface area contributed by atoms with Crippen molar-refractivity contribution in [3.8, 4) is 0 Å². The molecule has 0 radical (unpaired) electrons. The second kappa shape index (κ2) is 6.79. The normalized spacial score (nSPS) is 14.9. The molecule has 2 unspecified atom stereocenters. The summed E-state index contributed by atoms with van der Waals surface area (Å²) in [6.45, 7) is 4.59. The van der Waals surface area contributed by atoms with E-state index in [2.05, 4.69) is 12.2 Å². The average Bonchev–Trinajstić information content (AvgIpc) is 2.15. The topological polar surface area (TPSA) is 41.6 Å². The van der Waals surface area contributed by atoms with E-state index >= 15 is 0 Å². The number of ether oxygens (including phenoxy) is 1. The van der Waals surface area contributed by atoms with E-state index in [4.69, 9.17) is 4.74 Å². The largest absolute Gasteiger partial charge is 0.383 e. The van der Waals surface area contributed by atoms with Gasteiger partial charge in [0.1, 0.15) is 0 Å². The summed E-state index contributed by atoms with van der Waals surface area (Å²) in [5, 5.41) is 3.23. The Morgan fingerprint density at radius 2 is 2.07 bits per heavy atom. The molecule has 0 aliphatic carbocycles. The Morgan fingerprint density at radius 1 is 1.50 bits per heavy atom. The lowest BCUT2D eigenvalue weighted by Gasteiger charge is -2.23. The third-order valence-corrected chi connectivity index (χ3v) is 2.16. The number of carbonyl (C=O) groups is 1. The quantitative estimate of drug-likeness (QED) is 0.681. The summed E-state index contributed by atoms with van der Waals surface area (Å²) < 4.78 is 5.05. The van der Waals surface area contributed by atoms with Crippen molar-refractivity contribution in [3.63, 3.8) is 0 Å². The highest BCUT2D eigenvalue weighted by molar-refractivity contribution is 5.80. The first-order chi connectivity index (χ1) is 6.52. The molecule has 0 aromatic heterocycles. The number of nitrogens with one attached hydrogen (secondary N) is 1. The molecule has 0 spiro atoms. The highest BCUT2D eigenvalue weighted by Crippen LogP contribution is 1.96. The van der Waals surface area contributed by atoms with Gasteiger partial charge in [0, 0.05) is 27.2 Å². The Kier molecular flexibility index (Phi) is 6.49. The van der Waals surface area contributed by atoms with Crippen LogP contribution in [0.3, 0.4) is 0 Å². The average molecular weight is 202 g/mol. The molecule has 0 fully saturated rings. The molecule has 0 aromatic rings. The summed E-state index contributed by atoms with van der Waals surface area (Å²) in [6, 6.07) is 0.101. The van der Waals surface area contributed by atoms with E-state index in [0.29, 0.717) is 6.61 Å².